The molecule has 0 aromatic heterocycles. The molecule has 2 rings (SSSR count). The first-order chi connectivity index (χ1) is 10.8. The highest BCUT2D eigenvalue weighted by Crippen LogP contribution is 2.03. The number of amides is 1. The first-order valence-electron chi connectivity index (χ1n) is 7.77. The molecule has 0 heterocycles. The van der Waals surface area contributed by atoms with Gasteiger partial charge in [0.05, 0.1) is 6.61 Å². The molecule has 0 saturated heterocycles. The Kier molecular flexibility index (Phi) is 7.19. The van der Waals surface area contributed by atoms with Gasteiger partial charge in [0.25, 0.3) is 0 Å². The molecule has 0 saturated carbocycles. The van der Waals surface area contributed by atoms with Crippen molar-refractivity contribution in [3.05, 3.63) is 71.8 Å². The maximum absolute atomic E-state index is 11.7. The van der Waals surface area contributed by atoms with E-state index in [1.807, 2.05) is 48.5 Å². The fourth-order valence-electron chi connectivity index (χ4n) is 2.14. The van der Waals surface area contributed by atoms with Crippen molar-refractivity contribution >= 4 is 5.91 Å². The van der Waals surface area contributed by atoms with Crippen molar-refractivity contribution in [2.75, 3.05) is 6.61 Å². The van der Waals surface area contributed by atoms with Gasteiger partial charge < -0.3 is 10.1 Å². The zero-order valence-electron chi connectivity index (χ0n) is 12.8. The van der Waals surface area contributed by atoms with Crippen LogP contribution < -0.4 is 5.32 Å². The fourth-order valence-corrected chi connectivity index (χ4v) is 2.14. The van der Waals surface area contributed by atoms with Crippen LogP contribution in [0, 0.1) is 0 Å². The van der Waals surface area contributed by atoms with Crippen LogP contribution in [0.2, 0.25) is 0 Å². The first kappa shape index (κ1) is 16.2. The predicted molar refractivity (Wildman–Crippen MR) is 88.2 cm³/mol. The molecule has 0 spiro atoms. The number of unbranched alkanes of at least 4 members (excludes halogenated alkanes) is 1. The molecule has 3 nitrogen and oxygen atoms in total. The summed E-state index contributed by atoms with van der Waals surface area (Å²) in [6.45, 7) is 1.94. The molecule has 0 radical (unpaired) electrons. The van der Waals surface area contributed by atoms with Crippen LogP contribution >= 0.6 is 0 Å². The molecular formula is C19H23NO2. The number of hydrogen-bond donors (Lipinski definition) is 1. The quantitative estimate of drug-likeness (QED) is 0.717. The molecule has 116 valence electrons. The maximum Gasteiger partial charge on any atom is 0.220 e. The van der Waals surface area contributed by atoms with Gasteiger partial charge in [-0.2, -0.15) is 0 Å². The minimum absolute atomic E-state index is 0.104. The molecule has 0 aliphatic heterocycles. The molecule has 0 unspecified atom stereocenters. The van der Waals surface area contributed by atoms with E-state index >= 15 is 0 Å². The third kappa shape index (κ3) is 6.55. The van der Waals surface area contributed by atoms with Crippen molar-refractivity contribution in [1.29, 1.82) is 0 Å². The molecular weight excluding hydrogens is 274 g/mol. The van der Waals surface area contributed by atoms with Crippen molar-refractivity contribution in [2.24, 2.45) is 0 Å². The minimum Gasteiger partial charge on any atom is -0.377 e. The third-order valence-corrected chi connectivity index (χ3v) is 3.39. The summed E-state index contributed by atoms with van der Waals surface area (Å²) < 4.78 is 5.60. The molecule has 0 bridgehead atoms. The van der Waals surface area contributed by atoms with Crippen LogP contribution in [0.1, 0.15) is 30.4 Å². The van der Waals surface area contributed by atoms with E-state index in [1.54, 1.807) is 0 Å². The van der Waals surface area contributed by atoms with Gasteiger partial charge in [0.1, 0.15) is 0 Å². The van der Waals surface area contributed by atoms with E-state index in [2.05, 4.69) is 17.4 Å². The maximum atomic E-state index is 11.7. The van der Waals surface area contributed by atoms with Gasteiger partial charge >= 0.3 is 0 Å². The van der Waals surface area contributed by atoms with Crippen LogP contribution in [0.25, 0.3) is 0 Å². The Labute approximate surface area is 132 Å². The van der Waals surface area contributed by atoms with E-state index in [0.29, 0.717) is 26.2 Å². The van der Waals surface area contributed by atoms with Crippen LogP contribution in [0.3, 0.4) is 0 Å². The van der Waals surface area contributed by atoms with E-state index in [1.165, 1.54) is 5.56 Å². The predicted octanol–water partition coefficient (Wildman–Crippen LogP) is 3.69. The van der Waals surface area contributed by atoms with Crippen LogP contribution in [-0.4, -0.2) is 12.5 Å². The average Bonchev–Trinajstić information content (AvgIpc) is 2.58. The minimum atomic E-state index is 0.104. The van der Waals surface area contributed by atoms with Gasteiger partial charge in [-0.15, -0.1) is 0 Å². The summed E-state index contributed by atoms with van der Waals surface area (Å²) in [4.78, 5) is 11.7. The number of ether oxygens (including phenoxy) is 1. The highest BCUT2D eigenvalue weighted by Gasteiger charge is 2.01. The normalized spacial score (nSPS) is 10.4. The molecule has 0 atom stereocenters. The highest BCUT2D eigenvalue weighted by molar-refractivity contribution is 5.75. The second-order valence-electron chi connectivity index (χ2n) is 5.26. The molecule has 0 fully saturated rings. The summed E-state index contributed by atoms with van der Waals surface area (Å²) in [5.74, 6) is 0.104. The Balaban J connectivity index is 1.49. The van der Waals surface area contributed by atoms with Gasteiger partial charge in [0, 0.05) is 19.6 Å². The summed E-state index contributed by atoms with van der Waals surface area (Å²) in [7, 11) is 0. The van der Waals surface area contributed by atoms with Crippen molar-refractivity contribution in [2.45, 2.75) is 32.4 Å². The van der Waals surface area contributed by atoms with Crippen molar-refractivity contribution in [3.63, 3.8) is 0 Å². The standard InChI is InChI=1S/C19H23NO2/c21-19(20-15-17-9-3-1-4-10-17)13-7-8-14-22-16-18-11-5-2-6-12-18/h1-6,9-12H,7-8,13-16H2,(H,20,21). The first-order valence-corrected chi connectivity index (χ1v) is 7.77. The molecule has 0 aliphatic rings. The molecule has 2 aromatic rings. The van der Waals surface area contributed by atoms with Gasteiger partial charge in [-0.3, -0.25) is 4.79 Å². The second-order valence-corrected chi connectivity index (χ2v) is 5.26. The molecule has 1 N–H and O–H groups in total. The highest BCUT2D eigenvalue weighted by atomic mass is 16.5. The molecule has 2 aromatic carbocycles. The zero-order valence-corrected chi connectivity index (χ0v) is 12.8. The lowest BCUT2D eigenvalue weighted by Gasteiger charge is -2.06. The van der Waals surface area contributed by atoms with Crippen LogP contribution in [-0.2, 0) is 22.7 Å². The fraction of sp³-hybridized carbons (Fsp3) is 0.316. The summed E-state index contributed by atoms with van der Waals surface area (Å²) in [5.41, 5.74) is 2.31. The summed E-state index contributed by atoms with van der Waals surface area (Å²) in [5, 5.41) is 2.94. The number of hydrogen-bond acceptors (Lipinski definition) is 2. The SMILES string of the molecule is O=C(CCCCOCc1ccccc1)NCc1ccccc1. The topological polar surface area (TPSA) is 38.3 Å². The Bertz CT molecular complexity index is 540. The van der Waals surface area contributed by atoms with Gasteiger partial charge in [0.2, 0.25) is 5.91 Å². The molecule has 3 heteroatoms. The number of benzene rings is 2. The van der Waals surface area contributed by atoms with E-state index in [4.69, 9.17) is 4.74 Å². The van der Waals surface area contributed by atoms with Crippen LogP contribution in [0.4, 0.5) is 0 Å². The summed E-state index contributed by atoms with van der Waals surface area (Å²) in [6, 6.07) is 20.1. The number of rotatable bonds is 9. The van der Waals surface area contributed by atoms with E-state index in [0.717, 1.165) is 18.4 Å². The second kappa shape index (κ2) is 9.74. The van der Waals surface area contributed by atoms with Gasteiger partial charge in [0.15, 0.2) is 0 Å². The Morgan fingerprint density at radius 1 is 0.864 bits per heavy atom. The zero-order chi connectivity index (χ0) is 15.5. The van der Waals surface area contributed by atoms with Gasteiger partial charge in [-0.1, -0.05) is 60.7 Å². The average molecular weight is 297 g/mol. The van der Waals surface area contributed by atoms with E-state index < -0.39 is 0 Å². The Hall–Kier alpha value is -2.13. The molecule has 1 amide bonds. The third-order valence-electron chi connectivity index (χ3n) is 3.39. The molecule has 22 heavy (non-hydrogen) atoms. The van der Waals surface area contributed by atoms with Gasteiger partial charge in [-0.05, 0) is 24.0 Å². The number of carbonyl (C=O) groups is 1. The lowest BCUT2D eigenvalue weighted by atomic mass is 10.2. The largest absolute Gasteiger partial charge is 0.377 e. The van der Waals surface area contributed by atoms with E-state index in [9.17, 15) is 4.79 Å². The molecule has 0 aliphatic carbocycles. The van der Waals surface area contributed by atoms with Gasteiger partial charge in [-0.25, -0.2) is 0 Å². The number of carbonyl (C=O) groups excluding carboxylic acids is 1. The van der Waals surface area contributed by atoms with E-state index in [-0.39, 0.29) is 5.91 Å². The van der Waals surface area contributed by atoms with Crippen molar-refractivity contribution < 1.29 is 9.53 Å². The van der Waals surface area contributed by atoms with Crippen LogP contribution in [0.15, 0.2) is 60.7 Å². The van der Waals surface area contributed by atoms with Crippen molar-refractivity contribution in [1.82, 2.24) is 5.32 Å². The Morgan fingerprint density at radius 2 is 1.50 bits per heavy atom. The van der Waals surface area contributed by atoms with Crippen molar-refractivity contribution in [3.8, 4) is 0 Å². The number of nitrogens with one attached hydrogen (secondary N) is 1. The lowest BCUT2D eigenvalue weighted by molar-refractivity contribution is -0.121. The Morgan fingerprint density at radius 3 is 2.18 bits per heavy atom. The lowest BCUT2D eigenvalue weighted by Crippen LogP contribution is -2.22. The smallest absolute Gasteiger partial charge is 0.220 e. The monoisotopic (exact) mass is 297 g/mol. The van der Waals surface area contributed by atoms with Crippen LogP contribution in [0.5, 0.6) is 0 Å². The summed E-state index contributed by atoms with van der Waals surface area (Å²) in [6.07, 6.45) is 2.32. The summed E-state index contributed by atoms with van der Waals surface area (Å²) >= 11 is 0.